The van der Waals surface area contributed by atoms with Crippen LogP contribution in [-0.4, -0.2) is 89.0 Å². The average Bonchev–Trinajstić information content (AvgIpc) is 3.18. The minimum atomic E-state index is -1.60. The molecule has 0 bridgehead atoms. The molecule has 10 heteroatoms. The highest BCUT2D eigenvalue weighted by atomic mass is 16.7. The van der Waals surface area contributed by atoms with Gasteiger partial charge in [0.15, 0.2) is 12.4 Å². The first-order valence-electron chi connectivity index (χ1n) is 22.1. The van der Waals surface area contributed by atoms with Crippen LogP contribution >= 0.6 is 0 Å². The van der Waals surface area contributed by atoms with Crippen LogP contribution in [0.5, 0.6) is 0 Å². The molecule has 0 aromatic rings. The summed E-state index contributed by atoms with van der Waals surface area (Å²) >= 11 is 0. The van der Waals surface area contributed by atoms with Crippen molar-refractivity contribution in [2.45, 2.75) is 218 Å². The Morgan fingerprint density at radius 1 is 0.582 bits per heavy atom. The van der Waals surface area contributed by atoms with Gasteiger partial charge in [-0.15, -0.1) is 0 Å². The van der Waals surface area contributed by atoms with E-state index in [1.165, 1.54) is 77.0 Å². The predicted molar refractivity (Wildman–Crippen MR) is 219 cm³/mol. The number of hydrogen-bond acceptors (Lipinski definition) is 10. The first-order chi connectivity index (χ1) is 26.8. The summed E-state index contributed by atoms with van der Waals surface area (Å²) in [4.78, 5) is 25.3. The Morgan fingerprint density at radius 2 is 1.07 bits per heavy atom. The zero-order valence-corrected chi connectivity index (χ0v) is 34.7. The molecule has 4 N–H and O–H groups in total. The monoisotopic (exact) mass is 781 g/mol. The lowest BCUT2D eigenvalue weighted by Crippen LogP contribution is -2.59. The van der Waals surface area contributed by atoms with E-state index >= 15 is 0 Å². The minimum Gasteiger partial charge on any atom is -0.462 e. The molecule has 1 saturated heterocycles. The number of allylic oxidation sites excluding steroid dienone is 6. The third kappa shape index (κ3) is 28.0. The van der Waals surface area contributed by atoms with Crippen LogP contribution in [0.25, 0.3) is 0 Å². The van der Waals surface area contributed by atoms with E-state index in [0.717, 1.165) is 70.6 Å². The normalized spacial score (nSPS) is 20.9. The maximum atomic E-state index is 12.7. The van der Waals surface area contributed by atoms with Crippen LogP contribution in [0.4, 0.5) is 0 Å². The zero-order valence-electron chi connectivity index (χ0n) is 34.7. The molecule has 6 unspecified atom stereocenters. The maximum absolute atomic E-state index is 12.7. The number of unbranched alkanes of at least 4 members (excludes halogenated alkanes) is 19. The van der Waals surface area contributed by atoms with E-state index in [1.807, 2.05) is 0 Å². The first-order valence-corrected chi connectivity index (χ1v) is 22.1. The van der Waals surface area contributed by atoms with Crippen LogP contribution in [0, 0.1) is 0 Å². The van der Waals surface area contributed by atoms with E-state index in [9.17, 15) is 30.0 Å². The molecule has 1 aliphatic rings. The number of aliphatic hydroxyl groups is 4. The van der Waals surface area contributed by atoms with Crippen molar-refractivity contribution in [1.29, 1.82) is 0 Å². The van der Waals surface area contributed by atoms with Gasteiger partial charge in [-0.3, -0.25) is 9.59 Å². The summed E-state index contributed by atoms with van der Waals surface area (Å²) in [7, 11) is 0. The molecule has 1 aliphatic heterocycles. The third-order valence-corrected chi connectivity index (χ3v) is 10.0. The quantitative estimate of drug-likeness (QED) is 0.0275. The molecule has 0 radical (unpaired) electrons. The van der Waals surface area contributed by atoms with Gasteiger partial charge in [0.05, 0.1) is 13.2 Å². The molecule has 10 nitrogen and oxygen atoms in total. The Labute approximate surface area is 334 Å². The van der Waals surface area contributed by atoms with Crippen molar-refractivity contribution in [2.75, 3.05) is 19.8 Å². The number of aliphatic hydroxyl groups excluding tert-OH is 4. The molecule has 1 heterocycles. The number of rotatable bonds is 36. The summed E-state index contributed by atoms with van der Waals surface area (Å²) in [6.45, 7) is 3.30. The SMILES string of the molecule is CCC=CCC=CCC=CCCCCCCCC(=O)OC(COC(=O)CCCCCCCCCCCCCCCCC)COC1OC(CO)C(O)C(O)C1O. The van der Waals surface area contributed by atoms with Crippen molar-refractivity contribution in [1.82, 2.24) is 0 Å². The Balaban J connectivity index is 2.34. The third-order valence-electron chi connectivity index (χ3n) is 10.0. The van der Waals surface area contributed by atoms with Crippen LogP contribution < -0.4 is 0 Å². The van der Waals surface area contributed by atoms with Crippen molar-refractivity contribution in [3.63, 3.8) is 0 Å². The molecule has 0 spiro atoms. The lowest BCUT2D eigenvalue weighted by Gasteiger charge is -2.39. The van der Waals surface area contributed by atoms with E-state index in [4.69, 9.17) is 18.9 Å². The van der Waals surface area contributed by atoms with Crippen molar-refractivity contribution >= 4 is 11.9 Å². The molecule has 0 saturated carbocycles. The second-order valence-corrected chi connectivity index (χ2v) is 15.1. The fourth-order valence-electron chi connectivity index (χ4n) is 6.56. The first kappa shape index (κ1) is 50.9. The summed E-state index contributed by atoms with van der Waals surface area (Å²) in [6.07, 6.45) is 32.9. The van der Waals surface area contributed by atoms with Crippen LogP contribution in [0.15, 0.2) is 36.5 Å². The molecule has 0 aliphatic carbocycles. The standard InChI is InChI=1S/C45H80O10/c1-3-5-7-9-11-13-15-17-19-21-23-25-27-29-31-33-40(47)52-36-38(37-53-45-44(51)43(50)42(49)39(35-46)55-45)54-41(48)34-32-30-28-26-24-22-20-18-16-14-12-10-8-6-4-2/h6,8,12,14,18,20,38-39,42-46,49-51H,3-5,7,9-11,13,15-17,19,21-37H2,1-2H3. The molecule has 0 amide bonds. The van der Waals surface area contributed by atoms with Crippen LogP contribution in [-0.2, 0) is 28.5 Å². The predicted octanol–water partition coefficient (Wildman–Crippen LogP) is 9.11. The number of esters is 2. The van der Waals surface area contributed by atoms with Gasteiger partial charge in [-0.25, -0.2) is 0 Å². The molecule has 0 aromatic carbocycles. The van der Waals surface area contributed by atoms with E-state index in [1.54, 1.807) is 0 Å². The number of carbonyl (C=O) groups is 2. The fourth-order valence-corrected chi connectivity index (χ4v) is 6.56. The lowest BCUT2D eigenvalue weighted by molar-refractivity contribution is -0.305. The number of carbonyl (C=O) groups excluding carboxylic acids is 2. The van der Waals surface area contributed by atoms with Gasteiger partial charge in [0.2, 0.25) is 0 Å². The average molecular weight is 781 g/mol. The molecule has 6 atom stereocenters. The topological polar surface area (TPSA) is 152 Å². The van der Waals surface area contributed by atoms with Gasteiger partial charge in [-0.1, -0.05) is 159 Å². The summed E-state index contributed by atoms with van der Waals surface area (Å²) in [5.41, 5.74) is 0. The highest BCUT2D eigenvalue weighted by molar-refractivity contribution is 5.70. The summed E-state index contributed by atoms with van der Waals surface area (Å²) in [6, 6.07) is 0. The highest BCUT2D eigenvalue weighted by Crippen LogP contribution is 2.22. The smallest absolute Gasteiger partial charge is 0.306 e. The van der Waals surface area contributed by atoms with Crippen molar-refractivity contribution in [3.05, 3.63) is 36.5 Å². The van der Waals surface area contributed by atoms with Crippen molar-refractivity contribution in [2.24, 2.45) is 0 Å². The van der Waals surface area contributed by atoms with Gasteiger partial charge in [0.1, 0.15) is 31.0 Å². The van der Waals surface area contributed by atoms with E-state index in [2.05, 4.69) is 50.3 Å². The molecule has 1 fully saturated rings. The van der Waals surface area contributed by atoms with E-state index in [0.29, 0.717) is 6.42 Å². The van der Waals surface area contributed by atoms with Gasteiger partial charge < -0.3 is 39.4 Å². The molecule has 0 aromatic heterocycles. The zero-order chi connectivity index (χ0) is 40.2. The Kier molecular flexibility index (Phi) is 33.6. The molecular formula is C45H80O10. The summed E-state index contributed by atoms with van der Waals surface area (Å²) in [5, 5.41) is 40.0. The maximum Gasteiger partial charge on any atom is 0.306 e. The highest BCUT2D eigenvalue weighted by Gasteiger charge is 2.44. The van der Waals surface area contributed by atoms with Crippen molar-refractivity contribution in [3.8, 4) is 0 Å². The Bertz CT molecular complexity index is 996. The van der Waals surface area contributed by atoms with Crippen molar-refractivity contribution < 1.29 is 49.0 Å². The molecule has 1 rings (SSSR count). The van der Waals surface area contributed by atoms with Crippen LogP contribution in [0.2, 0.25) is 0 Å². The largest absolute Gasteiger partial charge is 0.462 e. The van der Waals surface area contributed by atoms with E-state index < -0.39 is 49.4 Å². The Morgan fingerprint density at radius 3 is 1.62 bits per heavy atom. The van der Waals surface area contributed by atoms with Crippen LogP contribution in [0.3, 0.4) is 0 Å². The molecular weight excluding hydrogens is 700 g/mol. The fraction of sp³-hybridized carbons (Fsp3) is 0.822. The van der Waals surface area contributed by atoms with E-state index in [-0.39, 0.29) is 32.0 Å². The van der Waals surface area contributed by atoms with Gasteiger partial charge >= 0.3 is 11.9 Å². The molecule has 55 heavy (non-hydrogen) atoms. The van der Waals surface area contributed by atoms with Crippen LogP contribution in [0.1, 0.15) is 181 Å². The van der Waals surface area contributed by atoms with Gasteiger partial charge in [0.25, 0.3) is 0 Å². The summed E-state index contributed by atoms with van der Waals surface area (Å²) < 4.78 is 22.1. The van der Waals surface area contributed by atoms with Gasteiger partial charge in [-0.2, -0.15) is 0 Å². The lowest BCUT2D eigenvalue weighted by atomic mass is 9.99. The number of ether oxygens (including phenoxy) is 4. The van der Waals surface area contributed by atoms with Gasteiger partial charge in [-0.05, 0) is 44.9 Å². The summed E-state index contributed by atoms with van der Waals surface area (Å²) in [5.74, 6) is -0.822. The second-order valence-electron chi connectivity index (χ2n) is 15.1. The number of hydrogen-bond donors (Lipinski definition) is 4. The Hall–Kier alpha value is -2.08. The minimum absolute atomic E-state index is 0.212. The second kappa shape index (κ2) is 36.3. The van der Waals surface area contributed by atoms with Gasteiger partial charge in [0, 0.05) is 12.8 Å². The molecule has 320 valence electrons.